The van der Waals surface area contributed by atoms with E-state index in [-0.39, 0.29) is 17.8 Å². The Morgan fingerprint density at radius 2 is 1.97 bits per heavy atom. The molecule has 2 aromatic heterocycles. The molecule has 2 aromatic carbocycles. The molecule has 1 aliphatic rings. The van der Waals surface area contributed by atoms with Gasteiger partial charge in [-0.3, -0.25) is 4.79 Å². The minimum Gasteiger partial charge on any atom is -0.439 e. The molecule has 1 unspecified atom stereocenters. The Kier molecular flexibility index (Phi) is 7.44. The van der Waals surface area contributed by atoms with E-state index in [0.717, 1.165) is 36.4 Å². The standard InChI is InChI=1S/C28H28FN3O3S/c1-2-25-24(19-31(18-23-10-6-16-34-23)27(33)26-11-7-17-36-26)28(35-22-14-12-20(29)13-15-22)32(30-25)21-8-4-3-5-9-21/h3-5,7-9,11-15,17,23H,2,6,10,16,18-19H2,1H3. The van der Waals surface area contributed by atoms with E-state index in [9.17, 15) is 9.18 Å². The number of benzene rings is 2. The maximum absolute atomic E-state index is 13.6. The number of carbonyl (C=O) groups is 1. The lowest BCUT2D eigenvalue weighted by molar-refractivity contribution is 0.0509. The number of ether oxygens (including phenoxy) is 2. The van der Waals surface area contributed by atoms with Gasteiger partial charge in [-0.2, -0.15) is 5.10 Å². The summed E-state index contributed by atoms with van der Waals surface area (Å²) in [6, 6.07) is 19.4. The second-order valence-corrected chi connectivity index (χ2v) is 9.63. The van der Waals surface area contributed by atoms with Crippen molar-refractivity contribution in [3.05, 3.63) is 94.1 Å². The lowest BCUT2D eigenvalue weighted by Gasteiger charge is -2.25. The van der Waals surface area contributed by atoms with Crippen LogP contribution in [0.25, 0.3) is 5.69 Å². The summed E-state index contributed by atoms with van der Waals surface area (Å²) in [7, 11) is 0. The van der Waals surface area contributed by atoms with Crippen LogP contribution in [0.3, 0.4) is 0 Å². The van der Waals surface area contributed by atoms with Crippen LogP contribution in [0.4, 0.5) is 4.39 Å². The molecule has 0 aliphatic carbocycles. The van der Waals surface area contributed by atoms with Crippen LogP contribution in [0.15, 0.2) is 72.1 Å². The summed E-state index contributed by atoms with van der Waals surface area (Å²) in [6.45, 7) is 3.57. The largest absolute Gasteiger partial charge is 0.439 e. The Morgan fingerprint density at radius 3 is 2.64 bits per heavy atom. The summed E-state index contributed by atoms with van der Waals surface area (Å²) < 4.78 is 27.5. The molecule has 1 fully saturated rings. The molecule has 1 saturated heterocycles. The first-order chi connectivity index (χ1) is 17.6. The van der Waals surface area contributed by atoms with Gasteiger partial charge in [0.05, 0.1) is 34.5 Å². The zero-order valence-corrected chi connectivity index (χ0v) is 20.9. The number of thiophene rings is 1. The lowest BCUT2D eigenvalue weighted by Crippen LogP contribution is -2.36. The molecule has 186 valence electrons. The van der Waals surface area contributed by atoms with Gasteiger partial charge in [0.1, 0.15) is 11.6 Å². The van der Waals surface area contributed by atoms with Crippen LogP contribution >= 0.6 is 11.3 Å². The molecule has 36 heavy (non-hydrogen) atoms. The van der Waals surface area contributed by atoms with Crippen molar-refractivity contribution in [2.75, 3.05) is 13.2 Å². The van der Waals surface area contributed by atoms with E-state index < -0.39 is 0 Å². The Balaban J connectivity index is 1.56. The van der Waals surface area contributed by atoms with Crippen molar-refractivity contribution in [3.8, 4) is 17.3 Å². The van der Waals surface area contributed by atoms with Crippen molar-refractivity contribution in [1.82, 2.24) is 14.7 Å². The number of rotatable bonds is 9. The first-order valence-electron chi connectivity index (χ1n) is 12.2. The maximum Gasteiger partial charge on any atom is 0.264 e. The molecule has 1 aliphatic heterocycles. The molecular weight excluding hydrogens is 477 g/mol. The highest BCUT2D eigenvalue weighted by Crippen LogP contribution is 2.33. The summed E-state index contributed by atoms with van der Waals surface area (Å²) in [6.07, 6.45) is 2.59. The van der Waals surface area contributed by atoms with E-state index in [1.165, 1.54) is 23.5 Å². The maximum atomic E-state index is 13.6. The van der Waals surface area contributed by atoms with Crippen LogP contribution in [0.1, 0.15) is 40.7 Å². The quantitative estimate of drug-likeness (QED) is 0.270. The average Bonchev–Trinajstić information content (AvgIpc) is 3.68. The highest BCUT2D eigenvalue weighted by Gasteiger charge is 2.28. The third-order valence-electron chi connectivity index (χ3n) is 6.20. The van der Waals surface area contributed by atoms with E-state index in [0.29, 0.717) is 36.0 Å². The predicted molar refractivity (Wildman–Crippen MR) is 137 cm³/mol. The van der Waals surface area contributed by atoms with Crippen LogP contribution in [-0.4, -0.2) is 39.8 Å². The summed E-state index contributed by atoms with van der Waals surface area (Å²) in [4.78, 5) is 16.1. The highest BCUT2D eigenvalue weighted by atomic mass is 32.1. The zero-order chi connectivity index (χ0) is 24.9. The number of nitrogens with zero attached hydrogens (tertiary/aromatic N) is 3. The SMILES string of the molecule is CCc1nn(-c2ccccc2)c(Oc2ccc(F)cc2)c1CN(CC1CCCO1)C(=O)c1cccs1. The van der Waals surface area contributed by atoms with Gasteiger partial charge in [-0.1, -0.05) is 31.2 Å². The molecule has 3 heterocycles. The average molecular weight is 506 g/mol. The van der Waals surface area contributed by atoms with Gasteiger partial charge in [-0.05, 0) is 67.1 Å². The van der Waals surface area contributed by atoms with Crippen LogP contribution < -0.4 is 4.74 Å². The molecule has 6 nitrogen and oxygen atoms in total. The van der Waals surface area contributed by atoms with Gasteiger partial charge in [-0.15, -0.1) is 11.3 Å². The Labute approximate surface area is 213 Å². The van der Waals surface area contributed by atoms with Crippen LogP contribution in [0, 0.1) is 5.82 Å². The number of amides is 1. The second kappa shape index (κ2) is 11.1. The van der Waals surface area contributed by atoms with Crippen LogP contribution in [0.2, 0.25) is 0 Å². The van der Waals surface area contributed by atoms with Crippen molar-refractivity contribution < 1.29 is 18.7 Å². The molecule has 4 aromatic rings. The first-order valence-corrected chi connectivity index (χ1v) is 13.0. The molecule has 0 radical (unpaired) electrons. The van der Waals surface area contributed by atoms with Gasteiger partial charge in [-0.25, -0.2) is 9.07 Å². The summed E-state index contributed by atoms with van der Waals surface area (Å²) in [5, 5.41) is 6.78. The molecule has 0 N–H and O–H groups in total. The summed E-state index contributed by atoms with van der Waals surface area (Å²) in [5.74, 6) is 0.633. The van der Waals surface area contributed by atoms with Gasteiger partial charge in [0.25, 0.3) is 5.91 Å². The smallest absolute Gasteiger partial charge is 0.264 e. The number of aromatic nitrogens is 2. The fraction of sp³-hybridized carbons (Fsp3) is 0.286. The van der Waals surface area contributed by atoms with Crippen LogP contribution in [0.5, 0.6) is 11.6 Å². The Bertz CT molecular complexity index is 1280. The first kappa shape index (κ1) is 24.2. The molecule has 1 amide bonds. The molecule has 8 heteroatoms. The highest BCUT2D eigenvalue weighted by molar-refractivity contribution is 7.12. The number of halogens is 1. The zero-order valence-electron chi connectivity index (χ0n) is 20.1. The summed E-state index contributed by atoms with van der Waals surface area (Å²) in [5.41, 5.74) is 2.51. The van der Waals surface area contributed by atoms with Crippen molar-refractivity contribution in [2.24, 2.45) is 0 Å². The number of carbonyl (C=O) groups excluding carboxylic acids is 1. The Morgan fingerprint density at radius 1 is 1.17 bits per heavy atom. The lowest BCUT2D eigenvalue weighted by atomic mass is 10.1. The fourth-order valence-electron chi connectivity index (χ4n) is 4.38. The van der Waals surface area contributed by atoms with Crippen molar-refractivity contribution in [1.29, 1.82) is 0 Å². The Hall–Kier alpha value is -3.49. The van der Waals surface area contributed by atoms with Gasteiger partial charge in [0.2, 0.25) is 5.88 Å². The van der Waals surface area contributed by atoms with Crippen LogP contribution in [-0.2, 0) is 17.7 Å². The fourth-order valence-corrected chi connectivity index (χ4v) is 5.08. The van der Waals surface area contributed by atoms with Crippen molar-refractivity contribution in [3.63, 3.8) is 0 Å². The van der Waals surface area contributed by atoms with Gasteiger partial charge >= 0.3 is 0 Å². The van der Waals surface area contributed by atoms with E-state index >= 15 is 0 Å². The molecular formula is C28H28FN3O3S. The third-order valence-corrected chi connectivity index (χ3v) is 7.06. The molecule has 0 bridgehead atoms. The van der Waals surface area contributed by atoms with E-state index in [1.54, 1.807) is 16.8 Å². The number of hydrogen-bond donors (Lipinski definition) is 0. The second-order valence-electron chi connectivity index (χ2n) is 8.69. The van der Waals surface area contributed by atoms with E-state index in [4.69, 9.17) is 14.6 Å². The van der Waals surface area contributed by atoms with E-state index in [2.05, 4.69) is 0 Å². The number of para-hydroxylation sites is 1. The molecule has 0 spiro atoms. The minimum absolute atomic E-state index is 0.00428. The number of aryl methyl sites for hydroxylation is 1. The molecule has 5 rings (SSSR count). The number of hydrogen-bond acceptors (Lipinski definition) is 5. The normalized spacial score (nSPS) is 15.2. The van der Waals surface area contributed by atoms with Crippen molar-refractivity contribution >= 4 is 17.2 Å². The summed E-state index contributed by atoms with van der Waals surface area (Å²) >= 11 is 1.43. The minimum atomic E-state index is -0.335. The van der Waals surface area contributed by atoms with E-state index in [1.807, 2.05) is 59.7 Å². The third kappa shape index (κ3) is 5.34. The van der Waals surface area contributed by atoms with Crippen molar-refractivity contribution in [2.45, 2.75) is 38.8 Å². The van der Waals surface area contributed by atoms with Gasteiger partial charge in [0.15, 0.2) is 0 Å². The predicted octanol–water partition coefficient (Wildman–Crippen LogP) is 6.25. The topological polar surface area (TPSA) is 56.6 Å². The molecule has 1 atom stereocenters. The molecule has 0 saturated carbocycles. The van der Waals surface area contributed by atoms with Gasteiger partial charge in [0, 0.05) is 13.2 Å². The monoisotopic (exact) mass is 505 g/mol. The van der Waals surface area contributed by atoms with Gasteiger partial charge < -0.3 is 14.4 Å².